The van der Waals surface area contributed by atoms with Gasteiger partial charge in [0.15, 0.2) is 0 Å². The molecule has 0 spiro atoms. The molecule has 9 heteroatoms. The third-order valence-corrected chi connectivity index (χ3v) is 11.6. The Balaban J connectivity index is 1.43. The van der Waals surface area contributed by atoms with Crippen molar-refractivity contribution in [2.75, 3.05) is 17.3 Å². The molecule has 0 aromatic heterocycles. The summed E-state index contributed by atoms with van der Waals surface area (Å²) in [5, 5.41) is 12.9. The maximum absolute atomic E-state index is 12.6. The monoisotopic (exact) mass is 630 g/mol. The molecule has 7 nitrogen and oxygen atoms in total. The largest absolute Gasteiger partial charge is 0.462 e. The third-order valence-electron chi connectivity index (χ3n) is 10.7. The molecular weight excluding hydrogens is 596 g/mol. The number of alkyl halides is 2. The Bertz CT molecular complexity index is 968. The second-order valence-corrected chi connectivity index (χ2v) is 13.2. The normalized spacial score (nSPS) is 45.6. The van der Waals surface area contributed by atoms with Crippen LogP contribution in [0.5, 0.6) is 0 Å². The Labute approximate surface area is 229 Å². The van der Waals surface area contributed by atoms with Gasteiger partial charge in [-0.1, -0.05) is 45.7 Å². The number of aliphatic hydroxyl groups is 1. The standard InChI is InChI=1S/C27H36Br2O7/c1-25-7-5-17(35-22(31)12-28)10-16(25)3-4-19-18(25)6-8-26(2)24(15-9-21(30)34-14-15)20(11-27(19,26)33)36-23(32)13-29/h9,16-20,24,33H,3-8,10-14H2,1-2H3/t16-,17+,18-,19+,20-,24-,25-,26+,27+/m0/s1. The van der Waals surface area contributed by atoms with Gasteiger partial charge in [0.25, 0.3) is 0 Å². The average molecular weight is 632 g/mol. The second kappa shape index (κ2) is 9.67. The lowest BCUT2D eigenvalue weighted by molar-refractivity contribution is -0.209. The topological polar surface area (TPSA) is 99.1 Å². The van der Waals surface area contributed by atoms with Crippen LogP contribution in [-0.4, -0.2) is 58.1 Å². The highest BCUT2D eigenvalue weighted by molar-refractivity contribution is 9.09. The van der Waals surface area contributed by atoms with Gasteiger partial charge in [-0.3, -0.25) is 9.59 Å². The van der Waals surface area contributed by atoms with Crippen molar-refractivity contribution in [2.45, 2.75) is 83.0 Å². The fourth-order valence-electron chi connectivity index (χ4n) is 9.05. The summed E-state index contributed by atoms with van der Waals surface area (Å²) < 4.78 is 16.8. The lowest BCUT2D eigenvalue weighted by Crippen LogP contribution is -2.62. The zero-order valence-electron chi connectivity index (χ0n) is 21.0. The number of hydrogen-bond acceptors (Lipinski definition) is 7. The van der Waals surface area contributed by atoms with Crippen LogP contribution in [0.4, 0.5) is 0 Å². The molecule has 1 aliphatic heterocycles. The molecule has 0 amide bonds. The highest BCUT2D eigenvalue weighted by Crippen LogP contribution is 2.70. The van der Waals surface area contributed by atoms with Crippen LogP contribution in [0.25, 0.3) is 0 Å². The van der Waals surface area contributed by atoms with E-state index in [0.29, 0.717) is 18.3 Å². The van der Waals surface area contributed by atoms with E-state index in [1.807, 2.05) is 0 Å². The Kier molecular flexibility index (Phi) is 7.16. The summed E-state index contributed by atoms with van der Waals surface area (Å²) in [5.74, 6) is -0.278. The van der Waals surface area contributed by atoms with Gasteiger partial charge < -0.3 is 19.3 Å². The molecule has 0 aromatic rings. The molecule has 9 atom stereocenters. The van der Waals surface area contributed by atoms with E-state index in [1.54, 1.807) is 0 Å². The van der Waals surface area contributed by atoms with Gasteiger partial charge in [-0.25, -0.2) is 4.79 Å². The molecule has 1 N–H and O–H groups in total. The van der Waals surface area contributed by atoms with Crippen molar-refractivity contribution in [1.82, 2.24) is 0 Å². The van der Waals surface area contributed by atoms with Gasteiger partial charge in [-0.05, 0) is 73.7 Å². The molecule has 0 aromatic carbocycles. The van der Waals surface area contributed by atoms with E-state index in [4.69, 9.17) is 14.2 Å². The molecule has 0 radical (unpaired) electrons. The number of ether oxygens (including phenoxy) is 3. The van der Waals surface area contributed by atoms with Gasteiger partial charge >= 0.3 is 17.9 Å². The van der Waals surface area contributed by atoms with Crippen LogP contribution in [-0.2, 0) is 28.6 Å². The van der Waals surface area contributed by atoms with Crippen LogP contribution in [0.2, 0.25) is 0 Å². The van der Waals surface area contributed by atoms with E-state index >= 15 is 0 Å². The van der Waals surface area contributed by atoms with Crippen LogP contribution in [0.3, 0.4) is 0 Å². The molecule has 36 heavy (non-hydrogen) atoms. The van der Waals surface area contributed by atoms with Gasteiger partial charge in [-0.2, -0.15) is 0 Å². The zero-order valence-corrected chi connectivity index (χ0v) is 24.1. The Morgan fingerprint density at radius 2 is 1.78 bits per heavy atom. The Morgan fingerprint density at radius 1 is 1.06 bits per heavy atom. The van der Waals surface area contributed by atoms with E-state index in [-0.39, 0.29) is 58.5 Å². The number of hydrogen-bond donors (Lipinski definition) is 1. The molecule has 5 aliphatic rings. The number of cyclic esters (lactones) is 1. The van der Waals surface area contributed by atoms with E-state index < -0.39 is 17.1 Å². The van der Waals surface area contributed by atoms with Gasteiger partial charge in [0.2, 0.25) is 0 Å². The minimum absolute atomic E-state index is 0.0302. The maximum atomic E-state index is 12.6. The molecule has 5 rings (SSSR count). The van der Waals surface area contributed by atoms with Crippen molar-refractivity contribution in [1.29, 1.82) is 0 Å². The van der Waals surface area contributed by atoms with Crippen LogP contribution in [0, 0.1) is 34.5 Å². The predicted molar refractivity (Wildman–Crippen MR) is 138 cm³/mol. The molecular formula is C27H36Br2O7. The predicted octanol–water partition coefficient (Wildman–Crippen LogP) is 4.47. The molecule has 1 heterocycles. The summed E-state index contributed by atoms with van der Waals surface area (Å²) in [6, 6.07) is 0. The number of carbonyl (C=O) groups is 3. The first-order valence-corrected chi connectivity index (χ1v) is 15.4. The number of carbonyl (C=O) groups excluding carboxylic acids is 3. The van der Waals surface area contributed by atoms with Gasteiger partial charge in [0, 0.05) is 23.8 Å². The summed E-state index contributed by atoms with van der Waals surface area (Å²) in [7, 11) is 0. The van der Waals surface area contributed by atoms with E-state index in [2.05, 4.69) is 45.7 Å². The van der Waals surface area contributed by atoms with Crippen molar-refractivity contribution in [3.05, 3.63) is 11.6 Å². The first-order chi connectivity index (χ1) is 17.1. The Hall–Kier alpha value is -0.930. The number of rotatable bonds is 5. The lowest BCUT2D eigenvalue weighted by Gasteiger charge is -2.63. The minimum atomic E-state index is -1.00. The summed E-state index contributed by atoms with van der Waals surface area (Å²) in [5.41, 5.74) is -0.615. The first-order valence-electron chi connectivity index (χ1n) is 13.2. The molecule has 4 saturated carbocycles. The molecule has 4 fully saturated rings. The number of fused-ring (bicyclic) bond motifs is 5. The van der Waals surface area contributed by atoms with Crippen LogP contribution in [0.15, 0.2) is 11.6 Å². The van der Waals surface area contributed by atoms with Crippen molar-refractivity contribution in [3.63, 3.8) is 0 Å². The number of halogens is 2. The molecule has 200 valence electrons. The van der Waals surface area contributed by atoms with Crippen molar-refractivity contribution in [3.8, 4) is 0 Å². The number of esters is 3. The zero-order chi connectivity index (χ0) is 25.9. The van der Waals surface area contributed by atoms with E-state index in [0.717, 1.165) is 50.5 Å². The average Bonchev–Trinajstić information content (AvgIpc) is 3.36. The SMILES string of the molecule is C[C@]12CC[C@@H](OC(=O)CBr)C[C@@H]1CC[C@@H]1[C@@H]2CC[C@]2(C)[C@@H](C3=CC(=O)OC3)[C@@H](OC(=O)CBr)C[C@@]12O. The second-order valence-electron chi connectivity index (χ2n) is 12.1. The summed E-state index contributed by atoms with van der Waals surface area (Å²) in [6.07, 6.45) is 7.78. The van der Waals surface area contributed by atoms with Crippen molar-refractivity contribution >= 4 is 49.8 Å². The third kappa shape index (κ3) is 4.10. The summed E-state index contributed by atoms with van der Waals surface area (Å²) in [4.78, 5) is 36.2. The molecule has 0 bridgehead atoms. The molecule has 4 aliphatic carbocycles. The van der Waals surface area contributed by atoms with Crippen LogP contribution in [0.1, 0.15) is 65.2 Å². The van der Waals surface area contributed by atoms with Gasteiger partial charge in [-0.15, -0.1) is 0 Å². The van der Waals surface area contributed by atoms with Gasteiger partial charge in [0.05, 0.1) is 5.60 Å². The lowest BCUT2D eigenvalue weighted by atomic mass is 9.43. The first kappa shape index (κ1) is 26.7. The highest BCUT2D eigenvalue weighted by Gasteiger charge is 2.71. The fraction of sp³-hybridized carbons (Fsp3) is 0.815. The fourth-order valence-corrected chi connectivity index (χ4v) is 9.32. The van der Waals surface area contributed by atoms with Gasteiger partial charge in [0.1, 0.15) is 29.5 Å². The van der Waals surface area contributed by atoms with Crippen LogP contribution < -0.4 is 0 Å². The quantitative estimate of drug-likeness (QED) is 0.272. The van der Waals surface area contributed by atoms with Crippen LogP contribution >= 0.6 is 31.9 Å². The summed E-state index contributed by atoms with van der Waals surface area (Å²) in [6.45, 7) is 4.70. The van der Waals surface area contributed by atoms with Crippen molar-refractivity contribution < 1.29 is 33.7 Å². The van der Waals surface area contributed by atoms with Crippen molar-refractivity contribution in [2.24, 2.45) is 34.5 Å². The van der Waals surface area contributed by atoms with E-state index in [9.17, 15) is 19.5 Å². The maximum Gasteiger partial charge on any atom is 0.331 e. The highest BCUT2D eigenvalue weighted by atomic mass is 79.9. The Morgan fingerprint density at radius 3 is 2.44 bits per heavy atom. The summed E-state index contributed by atoms with van der Waals surface area (Å²) >= 11 is 6.39. The van der Waals surface area contributed by atoms with E-state index in [1.165, 1.54) is 6.08 Å². The molecule has 0 unspecified atom stereocenters. The molecule has 0 saturated heterocycles. The minimum Gasteiger partial charge on any atom is -0.462 e. The smallest absolute Gasteiger partial charge is 0.331 e.